The van der Waals surface area contributed by atoms with E-state index in [4.69, 9.17) is 11.6 Å². The van der Waals surface area contributed by atoms with Gasteiger partial charge in [0.1, 0.15) is 0 Å². The van der Waals surface area contributed by atoms with Crippen molar-refractivity contribution in [1.82, 2.24) is 10.7 Å². The second-order valence-corrected chi connectivity index (χ2v) is 2.91. The minimum atomic E-state index is -0.637. The predicted octanol–water partition coefficient (Wildman–Crippen LogP) is 0.145. The van der Waals surface area contributed by atoms with Gasteiger partial charge >= 0.3 is 6.03 Å². The Morgan fingerprint density at radius 1 is 1.31 bits per heavy atom. The molecule has 0 aliphatic carbocycles. The number of guanidine groups is 1. The molecular formula is C10H13N5O. The number of carbonyl (C=O) groups is 1. The van der Waals surface area contributed by atoms with Crippen LogP contribution in [0.15, 0.2) is 41.9 Å². The molecule has 0 aromatic heterocycles. The van der Waals surface area contributed by atoms with Crippen molar-refractivity contribution in [2.75, 3.05) is 0 Å². The highest BCUT2D eigenvalue weighted by Crippen LogP contribution is 2.11. The lowest BCUT2D eigenvalue weighted by molar-refractivity contribution is 0.245. The highest BCUT2D eigenvalue weighted by Gasteiger charge is 2.01. The van der Waals surface area contributed by atoms with E-state index < -0.39 is 6.03 Å². The molecule has 0 aliphatic rings. The van der Waals surface area contributed by atoms with E-state index in [0.717, 1.165) is 5.56 Å². The van der Waals surface area contributed by atoms with Gasteiger partial charge in [0.2, 0.25) is 5.96 Å². The Kier molecular flexibility index (Phi) is 4.05. The van der Waals surface area contributed by atoms with Gasteiger partial charge in [0.15, 0.2) is 0 Å². The minimum Gasteiger partial charge on any atom is -0.369 e. The van der Waals surface area contributed by atoms with Crippen molar-refractivity contribution in [1.29, 1.82) is 0 Å². The summed E-state index contributed by atoms with van der Waals surface area (Å²) < 4.78 is 0. The molecular weight excluding hydrogens is 206 g/mol. The van der Waals surface area contributed by atoms with E-state index in [2.05, 4.69) is 16.9 Å². The van der Waals surface area contributed by atoms with Crippen LogP contribution in [0.5, 0.6) is 0 Å². The molecule has 2 amide bonds. The topological polar surface area (TPSA) is 106 Å². The van der Waals surface area contributed by atoms with Crippen LogP contribution in [0.1, 0.15) is 5.56 Å². The average Bonchev–Trinajstić information content (AvgIpc) is 2.29. The van der Waals surface area contributed by atoms with Crippen molar-refractivity contribution in [3.05, 3.63) is 42.5 Å². The van der Waals surface area contributed by atoms with Gasteiger partial charge in [-0.1, -0.05) is 36.9 Å². The second-order valence-electron chi connectivity index (χ2n) is 2.91. The Balaban J connectivity index is 2.70. The number of aliphatic imine (C=N–C) groups is 1. The molecule has 0 heterocycles. The molecule has 16 heavy (non-hydrogen) atoms. The van der Waals surface area contributed by atoms with Gasteiger partial charge in [0, 0.05) is 0 Å². The molecule has 6 nitrogen and oxygen atoms in total. The fraction of sp³-hybridized carbons (Fsp3) is 0. The van der Waals surface area contributed by atoms with Crippen LogP contribution in [0.2, 0.25) is 0 Å². The van der Waals surface area contributed by atoms with E-state index in [-0.39, 0.29) is 5.96 Å². The van der Waals surface area contributed by atoms with E-state index >= 15 is 0 Å². The van der Waals surface area contributed by atoms with E-state index in [1.54, 1.807) is 0 Å². The lowest BCUT2D eigenvalue weighted by atomic mass is 10.2. The Morgan fingerprint density at radius 2 is 1.94 bits per heavy atom. The zero-order valence-electron chi connectivity index (χ0n) is 8.60. The molecule has 84 valence electrons. The summed E-state index contributed by atoms with van der Waals surface area (Å²) in [7, 11) is 0. The van der Waals surface area contributed by atoms with Gasteiger partial charge in [-0.15, -0.1) is 0 Å². The Bertz CT molecular complexity index is 412. The summed E-state index contributed by atoms with van der Waals surface area (Å²) in [4.78, 5) is 14.7. The lowest BCUT2D eigenvalue weighted by Crippen LogP contribution is -2.46. The van der Waals surface area contributed by atoms with Gasteiger partial charge < -0.3 is 5.73 Å². The first kappa shape index (κ1) is 11.7. The third-order valence-electron chi connectivity index (χ3n) is 1.74. The Morgan fingerprint density at radius 3 is 2.50 bits per heavy atom. The zero-order valence-corrected chi connectivity index (χ0v) is 8.60. The maximum Gasteiger partial charge on any atom is 0.335 e. The van der Waals surface area contributed by atoms with E-state index in [9.17, 15) is 4.79 Å². The molecule has 0 spiro atoms. The van der Waals surface area contributed by atoms with Gasteiger partial charge in [-0.3, -0.25) is 10.7 Å². The number of benzene rings is 1. The number of hydrogen-bond acceptors (Lipinski definition) is 3. The number of carbonyl (C=O) groups excluding carboxylic acids is 1. The highest BCUT2D eigenvalue weighted by atomic mass is 16.2. The normalized spacial score (nSPS) is 10.7. The first-order valence-corrected chi connectivity index (χ1v) is 4.49. The SMILES string of the molecule is C=C(N=C(N)NC(=O)NN)c1ccccc1. The van der Waals surface area contributed by atoms with Crippen LogP contribution >= 0.6 is 0 Å². The number of nitrogens with zero attached hydrogens (tertiary/aromatic N) is 1. The quantitative estimate of drug-likeness (QED) is 0.187. The smallest absolute Gasteiger partial charge is 0.335 e. The van der Waals surface area contributed by atoms with Crippen molar-refractivity contribution in [3.8, 4) is 0 Å². The summed E-state index contributed by atoms with van der Waals surface area (Å²) in [5.41, 5.74) is 8.59. The van der Waals surface area contributed by atoms with E-state index in [1.165, 1.54) is 0 Å². The summed E-state index contributed by atoms with van der Waals surface area (Å²) in [6.45, 7) is 3.73. The van der Waals surface area contributed by atoms with Crippen molar-refractivity contribution in [3.63, 3.8) is 0 Å². The second kappa shape index (κ2) is 5.52. The first-order valence-electron chi connectivity index (χ1n) is 4.49. The standard InChI is InChI=1S/C10H13N5O/c1-7(8-5-3-2-4-6-8)13-9(11)14-10(16)15-12/h2-6H,1,12H2,(H4,11,13,14,15,16). The van der Waals surface area contributed by atoms with E-state index in [1.807, 2.05) is 35.8 Å². The average molecular weight is 219 g/mol. The summed E-state index contributed by atoms with van der Waals surface area (Å²) in [5, 5.41) is 2.22. The third-order valence-corrected chi connectivity index (χ3v) is 1.74. The number of hydrogen-bond donors (Lipinski definition) is 4. The molecule has 6 N–H and O–H groups in total. The van der Waals surface area contributed by atoms with Crippen molar-refractivity contribution < 1.29 is 4.79 Å². The number of rotatable bonds is 2. The summed E-state index contributed by atoms with van der Waals surface area (Å²) in [5.74, 6) is 4.79. The van der Waals surface area contributed by atoms with Crippen molar-refractivity contribution in [2.45, 2.75) is 0 Å². The number of urea groups is 1. The monoisotopic (exact) mass is 219 g/mol. The van der Waals surface area contributed by atoms with Gasteiger partial charge in [-0.25, -0.2) is 15.6 Å². The fourth-order valence-corrected chi connectivity index (χ4v) is 1.02. The van der Waals surface area contributed by atoms with Gasteiger partial charge in [-0.2, -0.15) is 0 Å². The molecule has 1 rings (SSSR count). The van der Waals surface area contributed by atoms with Crippen LogP contribution < -0.4 is 22.3 Å². The van der Waals surface area contributed by atoms with Crippen molar-refractivity contribution >= 4 is 17.7 Å². The number of hydrazine groups is 1. The molecule has 0 saturated carbocycles. The zero-order chi connectivity index (χ0) is 12.0. The molecule has 6 heteroatoms. The van der Waals surface area contributed by atoms with Crippen LogP contribution in [-0.2, 0) is 0 Å². The molecule has 0 bridgehead atoms. The number of nitrogens with one attached hydrogen (secondary N) is 2. The fourth-order valence-electron chi connectivity index (χ4n) is 1.02. The maximum absolute atomic E-state index is 10.8. The van der Waals surface area contributed by atoms with Crippen LogP contribution in [-0.4, -0.2) is 12.0 Å². The predicted molar refractivity (Wildman–Crippen MR) is 63.0 cm³/mol. The lowest BCUT2D eigenvalue weighted by Gasteiger charge is -2.04. The molecule has 1 aromatic rings. The number of amides is 2. The molecule has 0 aliphatic heterocycles. The molecule has 1 aromatic carbocycles. The van der Waals surface area contributed by atoms with Gasteiger partial charge in [0.25, 0.3) is 0 Å². The Labute approximate surface area is 93.0 Å². The maximum atomic E-state index is 10.8. The van der Waals surface area contributed by atoms with Crippen LogP contribution in [0.3, 0.4) is 0 Å². The summed E-state index contributed by atoms with van der Waals surface area (Å²) >= 11 is 0. The third kappa shape index (κ3) is 3.43. The molecule has 0 saturated heterocycles. The molecule has 0 radical (unpaired) electrons. The Hall–Kier alpha value is -2.34. The van der Waals surface area contributed by atoms with Gasteiger partial charge in [-0.05, 0) is 5.56 Å². The minimum absolute atomic E-state index is 0.0724. The molecule has 0 unspecified atom stereocenters. The van der Waals surface area contributed by atoms with E-state index in [0.29, 0.717) is 5.70 Å². The highest BCUT2D eigenvalue weighted by molar-refractivity contribution is 5.97. The first-order chi connectivity index (χ1) is 7.63. The van der Waals surface area contributed by atoms with Crippen LogP contribution in [0.25, 0.3) is 5.70 Å². The molecule has 0 fully saturated rings. The molecule has 0 atom stereocenters. The van der Waals surface area contributed by atoms with Crippen molar-refractivity contribution in [2.24, 2.45) is 16.6 Å². The summed E-state index contributed by atoms with van der Waals surface area (Å²) in [6.07, 6.45) is 0. The van der Waals surface area contributed by atoms with Crippen LogP contribution in [0, 0.1) is 0 Å². The largest absolute Gasteiger partial charge is 0.369 e. The van der Waals surface area contributed by atoms with Gasteiger partial charge in [0.05, 0.1) is 5.70 Å². The van der Waals surface area contributed by atoms with Crippen LogP contribution in [0.4, 0.5) is 4.79 Å². The number of nitrogens with two attached hydrogens (primary N) is 2. The summed E-state index contributed by atoms with van der Waals surface area (Å²) in [6, 6.07) is 8.62.